The predicted molar refractivity (Wildman–Crippen MR) is 97.3 cm³/mol. The molecule has 136 valence electrons. The first-order chi connectivity index (χ1) is 12.5. The number of aromatic nitrogens is 3. The molecule has 0 bridgehead atoms. The van der Waals surface area contributed by atoms with E-state index < -0.39 is 0 Å². The van der Waals surface area contributed by atoms with Gasteiger partial charge in [0.15, 0.2) is 5.82 Å². The zero-order chi connectivity index (χ0) is 18.3. The molecule has 6 heteroatoms. The van der Waals surface area contributed by atoms with Crippen LogP contribution in [0.2, 0.25) is 0 Å². The number of aliphatic hydroxyl groups excluding tert-OH is 1. The summed E-state index contributed by atoms with van der Waals surface area (Å²) in [5.41, 5.74) is 2.08. The second-order valence-corrected chi connectivity index (χ2v) is 7.62. The van der Waals surface area contributed by atoms with Gasteiger partial charge < -0.3 is 10.0 Å². The van der Waals surface area contributed by atoms with Gasteiger partial charge in [0, 0.05) is 37.2 Å². The lowest BCUT2D eigenvalue weighted by Crippen LogP contribution is -2.36. The average molecular weight is 352 g/mol. The molecule has 1 N–H and O–H groups in total. The number of carbonyl (C=O) groups is 1. The van der Waals surface area contributed by atoms with Crippen LogP contribution in [0.4, 0.5) is 0 Å². The van der Waals surface area contributed by atoms with Crippen LogP contribution >= 0.6 is 0 Å². The van der Waals surface area contributed by atoms with Crippen LogP contribution in [0.15, 0.2) is 30.7 Å². The minimum absolute atomic E-state index is 0.0224. The van der Waals surface area contributed by atoms with Gasteiger partial charge in [-0.1, -0.05) is 0 Å². The Morgan fingerprint density at radius 2 is 1.92 bits per heavy atom. The topological polar surface area (TPSA) is 79.2 Å². The highest BCUT2D eigenvalue weighted by Gasteiger charge is 2.43. The van der Waals surface area contributed by atoms with Crippen LogP contribution in [0.25, 0.3) is 11.4 Å². The van der Waals surface area contributed by atoms with E-state index in [1.807, 2.05) is 31.0 Å². The maximum absolute atomic E-state index is 13.0. The molecule has 2 unspecified atom stereocenters. The van der Waals surface area contributed by atoms with Crippen molar-refractivity contribution in [2.75, 3.05) is 7.05 Å². The van der Waals surface area contributed by atoms with E-state index in [9.17, 15) is 9.90 Å². The van der Waals surface area contributed by atoms with Crippen LogP contribution in [-0.4, -0.2) is 50.1 Å². The molecule has 2 saturated carbocycles. The van der Waals surface area contributed by atoms with Crippen molar-refractivity contribution in [1.82, 2.24) is 19.9 Å². The van der Waals surface area contributed by atoms with Crippen LogP contribution in [0.1, 0.15) is 41.7 Å². The number of fused-ring (bicyclic) bond motifs is 1. The van der Waals surface area contributed by atoms with Crippen molar-refractivity contribution >= 4 is 5.91 Å². The van der Waals surface area contributed by atoms with Gasteiger partial charge in [-0.25, -0.2) is 9.97 Å². The van der Waals surface area contributed by atoms with E-state index in [2.05, 4.69) is 15.0 Å². The summed E-state index contributed by atoms with van der Waals surface area (Å²) < 4.78 is 0. The normalized spacial score (nSPS) is 27.3. The molecule has 4 rings (SSSR count). The van der Waals surface area contributed by atoms with Crippen molar-refractivity contribution in [3.63, 3.8) is 0 Å². The summed E-state index contributed by atoms with van der Waals surface area (Å²) in [6, 6.07) is 3.98. The van der Waals surface area contributed by atoms with E-state index in [0.717, 1.165) is 31.2 Å². The smallest absolute Gasteiger partial charge is 0.257 e. The lowest BCUT2D eigenvalue weighted by atomic mass is 10.0. The second kappa shape index (κ2) is 6.76. The number of aryl methyl sites for hydroxylation is 1. The number of nitrogens with zero attached hydrogens (tertiary/aromatic N) is 4. The van der Waals surface area contributed by atoms with Crippen molar-refractivity contribution in [1.29, 1.82) is 0 Å². The van der Waals surface area contributed by atoms with Gasteiger partial charge in [0.05, 0.1) is 17.4 Å². The molecule has 0 radical (unpaired) electrons. The first kappa shape index (κ1) is 17.1. The summed E-state index contributed by atoms with van der Waals surface area (Å²) in [7, 11) is 1.87. The third kappa shape index (κ3) is 3.09. The number of rotatable bonds is 3. The number of aliphatic hydroxyl groups is 1. The zero-order valence-corrected chi connectivity index (χ0v) is 15.2. The maximum Gasteiger partial charge on any atom is 0.257 e. The van der Waals surface area contributed by atoms with Gasteiger partial charge in [-0.3, -0.25) is 9.78 Å². The number of hydrogen-bond donors (Lipinski definition) is 1. The van der Waals surface area contributed by atoms with E-state index in [4.69, 9.17) is 0 Å². The summed E-state index contributed by atoms with van der Waals surface area (Å²) >= 11 is 0. The number of carbonyl (C=O) groups excluding carboxylic acids is 1. The Morgan fingerprint density at radius 1 is 1.19 bits per heavy atom. The molecule has 2 aliphatic carbocycles. The Labute approximate surface area is 153 Å². The molecule has 6 nitrogen and oxygen atoms in total. The third-order valence-corrected chi connectivity index (χ3v) is 5.96. The summed E-state index contributed by atoms with van der Waals surface area (Å²) in [5, 5.41) is 9.80. The highest BCUT2D eigenvalue weighted by atomic mass is 16.3. The monoisotopic (exact) mass is 352 g/mol. The zero-order valence-electron chi connectivity index (χ0n) is 15.2. The molecule has 26 heavy (non-hydrogen) atoms. The molecule has 4 atom stereocenters. The Kier molecular flexibility index (Phi) is 4.44. The van der Waals surface area contributed by atoms with Crippen LogP contribution < -0.4 is 0 Å². The molecular formula is C20H24N4O2. The third-order valence-electron chi connectivity index (χ3n) is 5.96. The van der Waals surface area contributed by atoms with E-state index in [1.165, 1.54) is 0 Å². The van der Waals surface area contributed by atoms with Crippen LogP contribution in [-0.2, 0) is 0 Å². The Bertz CT molecular complexity index is 797. The van der Waals surface area contributed by atoms with Gasteiger partial charge in [-0.2, -0.15) is 0 Å². The van der Waals surface area contributed by atoms with Crippen LogP contribution in [0, 0.1) is 18.8 Å². The summed E-state index contributed by atoms with van der Waals surface area (Å²) in [6.07, 6.45) is 8.63. The number of hydrogen-bond acceptors (Lipinski definition) is 5. The first-order valence-electron chi connectivity index (χ1n) is 9.22. The standard InChI is InChI=1S/C20H24N4O2/c1-12-18(11-22-19(23-12)13-4-3-5-21-10-13)20(26)24(2)16-6-14-8-17(25)9-15(14)7-16/h3-5,10-11,14-17,25H,6-9H2,1-2H3/t14-,15+,16?,17?. The van der Waals surface area contributed by atoms with Gasteiger partial charge in [0.25, 0.3) is 5.91 Å². The second-order valence-electron chi connectivity index (χ2n) is 7.62. The minimum atomic E-state index is -0.150. The lowest BCUT2D eigenvalue weighted by molar-refractivity contribution is 0.0720. The molecule has 0 aliphatic heterocycles. The van der Waals surface area contributed by atoms with Crippen molar-refractivity contribution in [3.05, 3.63) is 42.0 Å². The molecule has 2 aromatic heterocycles. The largest absolute Gasteiger partial charge is 0.393 e. The number of amides is 1. The van der Waals surface area contributed by atoms with Gasteiger partial charge in [-0.15, -0.1) is 0 Å². The number of pyridine rings is 1. The molecule has 0 saturated heterocycles. The summed E-state index contributed by atoms with van der Waals surface area (Å²) in [6.45, 7) is 1.85. The highest BCUT2D eigenvalue weighted by molar-refractivity contribution is 5.95. The SMILES string of the molecule is Cc1nc(-c2cccnc2)ncc1C(=O)N(C)C1C[C@H]2CC(O)C[C@H]2C1. The van der Waals surface area contributed by atoms with Gasteiger partial charge in [-0.05, 0) is 56.6 Å². The Balaban J connectivity index is 1.50. The van der Waals surface area contributed by atoms with E-state index in [1.54, 1.807) is 18.6 Å². The highest BCUT2D eigenvalue weighted by Crippen LogP contribution is 2.45. The van der Waals surface area contributed by atoms with Crippen molar-refractivity contribution in [2.45, 2.75) is 44.8 Å². The maximum atomic E-state index is 13.0. The Hall–Kier alpha value is -2.34. The molecule has 2 aliphatic rings. The molecular weight excluding hydrogens is 328 g/mol. The Morgan fingerprint density at radius 3 is 2.54 bits per heavy atom. The molecule has 0 aromatic carbocycles. The van der Waals surface area contributed by atoms with Gasteiger partial charge >= 0.3 is 0 Å². The fourth-order valence-corrected chi connectivity index (χ4v) is 4.54. The van der Waals surface area contributed by atoms with E-state index in [-0.39, 0.29) is 18.1 Å². The molecule has 2 fully saturated rings. The average Bonchev–Trinajstić information content (AvgIpc) is 3.18. The molecule has 2 heterocycles. The van der Waals surface area contributed by atoms with E-state index >= 15 is 0 Å². The fraction of sp³-hybridized carbons (Fsp3) is 0.500. The molecule has 0 spiro atoms. The lowest BCUT2D eigenvalue weighted by Gasteiger charge is -2.26. The minimum Gasteiger partial charge on any atom is -0.393 e. The quantitative estimate of drug-likeness (QED) is 0.918. The van der Waals surface area contributed by atoms with Gasteiger partial charge in [0.2, 0.25) is 0 Å². The van der Waals surface area contributed by atoms with E-state index in [0.29, 0.717) is 28.9 Å². The summed E-state index contributed by atoms with van der Waals surface area (Å²) in [5.74, 6) is 1.66. The summed E-state index contributed by atoms with van der Waals surface area (Å²) in [4.78, 5) is 27.8. The van der Waals surface area contributed by atoms with Gasteiger partial charge in [0.1, 0.15) is 0 Å². The fourth-order valence-electron chi connectivity index (χ4n) is 4.54. The van der Waals surface area contributed by atoms with Crippen LogP contribution in [0.3, 0.4) is 0 Å². The van der Waals surface area contributed by atoms with Crippen LogP contribution in [0.5, 0.6) is 0 Å². The first-order valence-corrected chi connectivity index (χ1v) is 9.22. The molecule has 2 aromatic rings. The molecule has 1 amide bonds. The van der Waals surface area contributed by atoms with Crippen molar-refractivity contribution in [3.8, 4) is 11.4 Å². The predicted octanol–water partition coefficient (Wildman–Crippen LogP) is 2.47. The van der Waals surface area contributed by atoms with Crippen molar-refractivity contribution in [2.24, 2.45) is 11.8 Å². The van der Waals surface area contributed by atoms with Crippen molar-refractivity contribution < 1.29 is 9.90 Å².